The minimum atomic E-state index is -1.02. The molecule has 0 spiro atoms. The van der Waals surface area contributed by atoms with Crippen LogP contribution in [0.25, 0.3) is 0 Å². The first-order valence-corrected chi connectivity index (χ1v) is 5.29. The Hall–Kier alpha value is -2.04. The van der Waals surface area contributed by atoms with Gasteiger partial charge in [-0.15, -0.1) is 0 Å². The van der Waals surface area contributed by atoms with E-state index < -0.39 is 5.97 Å². The van der Waals surface area contributed by atoms with Crippen LogP contribution in [-0.4, -0.2) is 35.1 Å². The number of amides is 2. The Labute approximate surface area is 100 Å². The van der Waals surface area contributed by atoms with Crippen molar-refractivity contribution >= 4 is 17.7 Å². The summed E-state index contributed by atoms with van der Waals surface area (Å²) >= 11 is 0. The van der Waals surface area contributed by atoms with Crippen molar-refractivity contribution in [3.8, 4) is 0 Å². The van der Waals surface area contributed by atoms with Gasteiger partial charge < -0.3 is 15.3 Å². The highest BCUT2D eigenvalue weighted by Crippen LogP contribution is 2.11. The lowest BCUT2D eigenvalue weighted by Crippen LogP contribution is -2.36. The molecule has 2 N–H and O–H groups in total. The lowest BCUT2D eigenvalue weighted by molar-refractivity contribution is 0.0697. The number of carbonyl (C=O) groups excluding carboxylic acids is 1. The highest BCUT2D eigenvalue weighted by molar-refractivity contribution is 5.93. The van der Waals surface area contributed by atoms with Crippen LogP contribution in [0.5, 0.6) is 0 Å². The molecule has 0 fully saturated rings. The average Bonchev–Trinajstić information content (AvgIpc) is 2.28. The summed E-state index contributed by atoms with van der Waals surface area (Å²) in [7, 11) is 1.68. The predicted octanol–water partition coefficient (Wildman–Crippen LogP) is 2.26. The topological polar surface area (TPSA) is 69.6 Å². The second-order valence-corrected chi connectivity index (χ2v) is 4.02. The van der Waals surface area contributed by atoms with Crippen molar-refractivity contribution in [3.05, 3.63) is 29.8 Å². The van der Waals surface area contributed by atoms with E-state index in [0.717, 1.165) is 0 Å². The van der Waals surface area contributed by atoms with Gasteiger partial charge in [0.15, 0.2) is 0 Å². The summed E-state index contributed by atoms with van der Waals surface area (Å²) < 4.78 is 0. The molecule has 5 heteroatoms. The quantitative estimate of drug-likeness (QED) is 0.845. The Morgan fingerprint density at radius 3 is 2.53 bits per heavy atom. The van der Waals surface area contributed by atoms with Crippen LogP contribution in [0, 0.1) is 0 Å². The van der Waals surface area contributed by atoms with Crippen LogP contribution in [0.3, 0.4) is 0 Å². The summed E-state index contributed by atoms with van der Waals surface area (Å²) in [4.78, 5) is 24.0. The lowest BCUT2D eigenvalue weighted by Gasteiger charge is -2.21. The van der Waals surface area contributed by atoms with E-state index in [1.54, 1.807) is 19.2 Å². The molecule has 2 amide bonds. The maximum atomic E-state index is 11.7. The molecule has 0 unspecified atom stereocenters. The SMILES string of the molecule is CC(C)N(C)C(=O)Nc1cccc(C(=O)O)c1. The molecule has 92 valence electrons. The molecule has 0 radical (unpaired) electrons. The molecule has 0 aliphatic carbocycles. The Morgan fingerprint density at radius 2 is 2.00 bits per heavy atom. The molecule has 0 saturated heterocycles. The first-order chi connectivity index (χ1) is 7.91. The van der Waals surface area contributed by atoms with Crippen molar-refractivity contribution < 1.29 is 14.7 Å². The Morgan fingerprint density at radius 1 is 1.35 bits per heavy atom. The highest BCUT2D eigenvalue weighted by atomic mass is 16.4. The number of carboxylic acid groups (broad SMARTS) is 1. The third-order valence-corrected chi connectivity index (χ3v) is 2.46. The number of nitrogens with one attached hydrogen (secondary N) is 1. The van der Waals surface area contributed by atoms with Crippen LogP contribution in [0.4, 0.5) is 10.5 Å². The fourth-order valence-corrected chi connectivity index (χ4v) is 1.18. The molecule has 0 heterocycles. The molecule has 1 aromatic rings. The molecular weight excluding hydrogens is 220 g/mol. The molecule has 1 rings (SSSR count). The number of benzene rings is 1. The zero-order valence-electron chi connectivity index (χ0n) is 10.1. The Bertz CT molecular complexity index is 430. The van der Waals surface area contributed by atoms with Crippen LogP contribution < -0.4 is 5.32 Å². The second-order valence-electron chi connectivity index (χ2n) is 4.02. The summed E-state index contributed by atoms with van der Waals surface area (Å²) in [5.41, 5.74) is 0.623. The number of nitrogens with zero attached hydrogens (tertiary/aromatic N) is 1. The van der Waals surface area contributed by atoms with Gasteiger partial charge in [-0.25, -0.2) is 9.59 Å². The van der Waals surface area contributed by atoms with Crippen molar-refractivity contribution in [1.82, 2.24) is 4.90 Å². The van der Waals surface area contributed by atoms with E-state index in [-0.39, 0.29) is 17.6 Å². The summed E-state index contributed by atoms with van der Waals surface area (Å²) in [5, 5.41) is 11.5. The van der Waals surface area contributed by atoms with Gasteiger partial charge in [0.1, 0.15) is 0 Å². The van der Waals surface area contributed by atoms with E-state index >= 15 is 0 Å². The van der Waals surface area contributed by atoms with Gasteiger partial charge in [0.25, 0.3) is 0 Å². The maximum Gasteiger partial charge on any atom is 0.335 e. The highest BCUT2D eigenvalue weighted by Gasteiger charge is 2.12. The van der Waals surface area contributed by atoms with E-state index in [1.807, 2.05) is 13.8 Å². The first kappa shape index (κ1) is 13.0. The third kappa shape index (κ3) is 3.48. The summed E-state index contributed by atoms with van der Waals surface area (Å²) in [5.74, 6) is -1.02. The third-order valence-electron chi connectivity index (χ3n) is 2.46. The van der Waals surface area contributed by atoms with Crippen LogP contribution in [0.15, 0.2) is 24.3 Å². The van der Waals surface area contributed by atoms with E-state index in [1.165, 1.54) is 17.0 Å². The van der Waals surface area contributed by atoms with Gasteiger partial charge in [0.2, 0.25) is 0 Å². The van der Waals surface area contributed by atoms with Crippen molar-refractivity contribution in [2.45, 2.75) is 19.9 Å². The monoisotopic (exact) mass is 236 g/mol. The number of anilines is 1. The number of hydrogen-bond donors (Lipinski definition) is 2. The summed E-state index contributed by atoms with van der Waals surface area (Å²) in [6.45, 7) is 3.79. The van der Waals surface area contributed by atoms with Crippen molar-refractivity contribution in [2.24, 2.45) is 0 Å². The number of urea groups is 1. The van der Waals surface area contributed by atoms with Crippen molar-refractivity contribution in [2.75, 3.05) is 12.4 Å². The molecule has 1 aromatic carbocycles. The van der Waals surface area contributed by atoms with Gasteiger partial charge in [-0.3, -0.25) is 0 Å². The Balaban J connectivity index is 2.78. The van der Waals surface area contributed by atoms with Gasteiger partial charge >= 0.3 is 12.0 Å². The molecule has 5 nitrogen and oxygen atoms in total. The Kier molecular flexibility index (Phi) is 4.09. The number of rotatable bonds is 3. The minimum absolute atomic E-state index is 0.0812. The maximum absolute atomic E-state index is 11.7. The van der Waals surface area contributed by atoms with Gasteiger partial charge in [0, 0.05) is 18.8 Å². The van der Waals surface area contributed by atoms with Gasteiger partial charge in [0.05, 0.1) is 5.56 Å². The average molecular weight is 236 g/mol. The molecule has 0 saturated carbocycles. The molecule has 0 aliphatic rings. The van der Waals surface area contributed by atoms with Crippen LogP contribution in [-0.2, 0) is 0 Å². The molecule has 17 heavy (non-hydrogen) atoms. The molecule has 0 atom stereocenters. The van der Waals surface area contributed by atoms with Gasteiger partial charge in [-0.05, 0) is 32.0 Å². The summed E-state index contributed by atoms with van der Waals surface area (Å²) in [6, 6.07) is 5.96. The predicted molar refractivity (Wildman–Crippen MR) is 65.3 cm³/mol. The van der Waals surface area contributed by atoms with Crippen molar-refractivity contribution in [3.63, 3.8) is 0 Å². The normalized spacial score (nSPS) is 10.1. The standard InChI is InChI=1S/C12H16N2O3/c1-8(2)14(3)12(17)13-10-6-4-5-9(7-10)11(15)16/h4-8H,1-3H3,(H,13,17)(H,15,16). The van der Waals surface area contributed by atoms with Crippen LogP contribution >= 0.6 is 0 Å². The zero-order chi connectivity index (χ0) is 13.0. The number of hydrogen-bond acceptors (Lipinski definition) is 2. The number of carbonyl (C=O) groups is 2. The zero-order valence-corrected chi connectivity index (χ0v) is 10.1. The lowest BCUT2D eigenvalue weighted by atomic mass is 10.2. The van der Waals surface area contributed by atoms with E-state index in [9.17, 15) is 9.59 Å². The minimum Gasteiger partial charge on any atom is -0.478 e. The van der Waals surface area contributed by atoms with E-state index in [2.05, 4.69) is 5.32 Å². The molecule has 0 bridgehead atoms. The smallest absolute Gasteiger partial charge is 0.335 e. The fraction of sp³-hybridized carbons (Fsp3) is 0.333. The van der Waals surface area contributed by atoms with Crippen molar-refractivity contribution in [1.29, 1.82) is 0 Å². The van der Waals surface area contributed by atoms with Gasteiger partial charge in [-0.2, -0.15) is 0 Å². The first-order valence-electron chi connectivity index (χ1n) is 5.29. The summed E-state index contributed by atoms with van der Waals surface area (Å²) in [6.07, 6.45) is 0. The van der Waals surface area contributed by atoms with Crippen LogP contribution in [0.1, 0.15) is 24.2 Å². The molecular formula is C12H16N2O3. The largest absolute Gasteiger partial charge is 0.478 e. The number of carboxylic acids is 1. The van der Waals surface area contributed by atoms with E-state index in [4.69, 9.17) is 5.11 Å². The van der Waals surface area contributed by atoms with Crippen LogP contribution in [0.2, 0.25) is 0 Å². The van der Waals surface area contributed by atoms with Gasteiger partial charge in [-0.1, -0.05) is 6.07 Å². The second kappa shape index (κ2) is 5.34. The fourth-order valence-electron chi connectivity index (χ4n) is 1.18. The van der Waals surface area contributed by atoms with E-state index in [0.29, 0.717) is 5.69 Å². The molecule has 0 aliphatic heterocycles. The molecule has 0 aromatic heterocycles. The number of aromatic carboxylic acids is 1.